The molecule has 8 heteroatoms. The normalized spacial score (nSPS) is 11.2. The molecule has 0 aliphatic heterocycles. The second kappa shape index (κ2) is 8.15. The van der Waals surface area contributed by atoms with E-state index in [1.807, 2.05) is 35.7 Å². The van der Waals surface area contributed by atoms with Gasteiger partial charge in [-0.05, 0) is 24.6 Å². The van der Waals surface area contributed by atoms with Crippen molar-refractivity contribution >= 4 is 28.5 Å². The van der Waals surface area contributed by atoms with E-state index in [9.17, 15) is 9.90 Å². The summed E-state index contributed by atoms with van der Waals surface area (Å²) in [6.45, 7) is 2.00. The Morgan fingerprint density at radius 1 is 1.28 bits per heavy atom. The number of esters is 1. The molecule has 0 aliphatic rings. The number of rotatable bonds is 6. The third kappa shape index (κ3) is 3.83. The van der Waals surface area contributed by atoms with Crippen LogP contribution in [-0.4, -0.2) is 28.9 Å². The van der Waals surface area contributed by atoms with E-state index in [4.69, 9.17) is 13.6 Å². The minimum atomic E-state index is -0.458. The fraction of sp³-hybridized carbons (Fsp3) is 0.0952. The second-order valence-electron chi connectivity index (χ2n) is 5.86. The van der Waals surface area contributed by atoms with Crippen molar-refractivity contribution in [2.45, 2.75) is 6.92 Å². The number of furan rings is 1. The quantitative estimate of drug-likeness (QED) is 0.344. The molecule has 4 aromatic rings. The zero-order chi connectivity index (χ0) is 20.2. The molecule has 7 nitrogen and oxygen atoms in total. The lowest BCUT2D eigenvalue weighted by Gasteiger charge is -2.05. The maximum absolute atomic E-state index is 12.6. The van der Waals surface area contributed by atoms with Gasteiger partial charge in [0.05, 0.1) is 19.1 Å². The highest BCUT2D eigenvalue weighted by atomic mass is 32.1. The maximum atomic E-state index is 12.6. The van der Waals surface area contributed by atoms with Crippen LogP contribution >= 0.6 is 11.3 Å². The molecule has 0 amide bonds. The van der Waals surface area contributed by atoms with E-state index in [-0.39, 0.29) is 18.2 Å². The Hall–Kier alpha value is -3.65. The van der Waals surface area contributed by atoms with E-state index < -0.39 is 11.9 Å². The highest BCUT2D eigenvalue weighted by Crippen LogP contribution is 2.38. The van der Waals surface area contributed by atoms with Crippen LogP contribution in [0.2, 0.25) is 0 Å². The molecule has 0 aliphatic carbocycles. The number of hydrogen-bond donors (Lipinski definition) is 1. The van der Waals surface area contributed by atoms with Crippen LogP contribution in [0.1, 0.15) is 23.0 Å². The lowest BCUT2D eigenvalue weighted by molar-refractivity contribution is 0.0529. The van der Waals surface area contributed by atoms with Crippen LogP contribution in [0.3, 0.4) is 0 Å². The highest BCUT2D eigenvalue weighted by Gasteiger charge is 2.21. The topological polar surface area (TPSA) is 98.1 Å². The number of nitrogens with zero attached hydrogens (tertiary/aromatic N) is 2. The fourth-order valence-corrected chi connectivity index (χ4v) is 3.61. The van der Waals surface area contributed by atoms with Crippen LogP contribution in [0.25, 0.3) is 22.8 Å². The van der Waals surface area contributed by atoms with E-state index in [1.165, 1.54) is 23.8 Å². The average molecular weight is 408 g/mol. The first-order valence-corrected chi connectivity index (χ1v) is 9.67. The Labute approximate surface area is 169 Å². The smallest absolute Gasteiger partial charge is 0.341 e. The summed E-state index contributed by atoms with van der Waals surface area (Å²) < 4.78 is 15.6. The van der Waals surface area contributed by atoms with Gasteiger partial charge < -0.3 is 18.7 Å². The van der Waals surface area contributed by atoms with Gasteiger partial charge in [0.15, 0.2) is 11.5 Å². The summed E-state index contributed by atoms with van der Waals surface area (Å²) in [5, 5.41) is 12.3. The molecular formula is C21H16N2O5S. The van der Waals surface area contributed by atoms with Gasteiger partial charge in [0.2, 0.25) is 0 Å². The molecule has 0 saturated carbocycles. The molecule has 1 aromatic carbocycles. The number of benzene rings is 1. The van der Waals surface area contributed by atoms with Gasteiger partial charge in [0, 0.05) is 10.9 Å². The minimum Gasteiger partial charge on any atom is -0.479 e. The van der Waals surface area contributed by atoms with Crippen molar-refractivity contribution in [2.24, 2.45) is 4.99 Å². The largest absolute Gasteiger partial charge is 0.479 e. The Bertz CT molecular complexity index is 1140. The van der Waals surface area contributed by atoms with Crippen molar-refractivity contribution in [3.63, 3.8) is 0 Å². The molecule has 4 rings (SSSR count). The number of carbonyl (C=O) groups is 1. The molecule has 0 fully saturated rings. The second-order valence-corrected chi connectivity index (χ2v) is 6.72. The maximum Gasteiger partial charge on any atom is 0.341 e. The van der Waals surface area contributed by atoms with Gasteiger partial charge in [0.25, 0.3) is 5.89 Å². The molecule has 0 bridgehead atoms. The summed E-state index contributed by atoms with van der Waals surface area (Å²) in [6.07, 6.45) is 2.82. The Kier molecular flexibility index (Phi) is 5.26. The molecule has 0 radical (unpaired) electrons. The number of carbonyl (C=O) groups excluding carboxylic acids is 1. The van der Waals surface area contributed by atoms with Crippen LogP contribution in [0.5, 0.6) is 5.95 Å². The van der Waals surface area contributed by atoms with Crippen molar-refractivity contribution in [1.29, 1.82) is 0 Å². The summed E-state index contributed by atoms with van der Waals surface area (Å²) in [5.41, 5.74) is 2.12. The predicted molar refractivity (Wildman–Crippen MR) is 109 cm³/mol. The number of aromatic hydroxyl groups is 1. The molecule has 0 saturated heterocycles. The summed E-state index contributed by atoms with van der Waals surface area (Å²) in [4.78, 5) is 21.1. The number of ether oxygens (including phenoxy) is 1. The van der Waals surface area contributed by atoms with Crippen molar-refractivity contribution in [3.05, 3.63) is 65.4 Å². The molecule has 0 atom stereocenters. The van der Waals surface area contributed by atoms with Gasteiger partial charge in [-0.3, -0.25) is 0 Å². The molecule has 29 heavy (non-hydrogen) atoms. The monoisotopic (exact) mass is 408 g/mol. The number of aliphatic imine (C=N–C) groups is 1. The molecule has 0 spiro atoms. The van der Waals surface area contributed by atoms with Crippen molar-refractivity contribution in [3.8, 4) is 28.7 Å². The summed E-state index contributed by atoms with van der Waals surface area (Å²) in [6, 6.07) is 12.9. The van der Waals surface area contributed by atoms with Crippen LogP contribution in [0.4, 0.5) is 5.00 Å². The van der Waals surface area contributed by atoms with Gasteiger partial charge in [-0.2, -0.15) is 0 Å². The van der Waals surface area contributed by atoms with Crippen molar-refractivity contribution in [1.82, 2.24) is 4.98 Å². The van der Waals surface area contributed by atoms with Gasteiger partial charge >= 0.3 is 11.9 Å². The third-order valence-corrected chi connectivity index (χ3v) is 4.89. The first kappa shape index (κ1) is 18.7. The van der Waals surface area contributed by atoms with E-state index in [0.29, 0.717) is 16.3 Å². The van der Waals surface area contributed by atoms with Crippen LogP contribution in [0.15, 0.2) is 67.9 Å². The molecule has 146 valence electrons. The zero-order valence-electron chi connectivity index (χ0n) is 15.4. The minimum absolute atomic E-state index is 0.126. The SMILES string of the molecule is CCOC(=O)c1c(-c2ccccc2)csc1/N=C/c1nc(-c2ccco2)oc1O. The lowest BCUT2D eigenvalue weighted by Crippen LogP contribution is -2.05. The van der Waals surface area contributed by atoms with Crippen molar-refractivity contribution in [2.75, 3.05) is 6.61 Å². The van der Waals surface area contributed by atoms with Gasteiger partial charge in [0.1, 0.15) is 10.6 Å². The number of thiophene rings is 1. The summed E-state index contributed by atoms with van der Waals surface area (Å²) >= 11 is 1.30. The lowest BCUT2D eigenvalue weighted by atomic mass is 10.0. The van der Waals surface area contributed by atoms with Crippen LogP contribution in [0, 0.1) is 0 Å². The van der Waals surface area contributed by atoms with E-state index in [0.717, 1.165) is 11.1 Å². The Morgan fingerprint density at radius 3 is 2.83 bits per heavy atom. The molecule has 3 heterocycles. The Morgan fingerprint density at radius 2 is 2.10 bits per heavy atom. The first-order chi connectivity index (χ1) is 14.2. The van der Waals surface area contributed by atoms with Crippen LogP contribution in [-0.2, 0) is 4.74 Å². The number of hydrogen-bond acceptors (Lipinski definition) is 8. The summed E-state index contributed by atoms with van der Waals surface area (Å²) in [5.74, 6) is -0.330. The molecule has 0 unspecified atom stereocenters. The molecular weight excluding hydrogens is 392 g/mol. The van der Waals surface area contributed by atoms with E-state index in [1.54, 1.807) is 19.1 Å². The third-order valence-electron chi connectivity index (χ3n) is 4.01. The fourth-order valence-electron chi connectivity index (χ4n) is 2.71. The molecule has 3 aromatic heterocycles. The first-order valence-electron chi connectivity index (χ1n) is 8.79. The standard InChI is InChI=1S/C21H16N2O5S/c1-2-26-21(25)17-14(13-7-4-3-5-8-13)12-29-19(17)22-11-15-20(24)28-18(23-15)16-9-6-10-27-16/h3-12,24H,2H2,1H3/b22-11+. The molecule has 1 N–H and O–H groups in total. The van der Waals surface area contributed by atoms with Gasteiger partial charge in [-0.15, -0.1) is 11.3 Å². The highest BCUT2D eigenvalue weighted by molar-refractivity contribution is 7.14. The van der Waals surface area contributed by atoms with Crippen molar-refractivity contribution < 1.29 is 23.5 Å². The van der Waals surface area contributed by atoms with Gasteiger partial charge in [-0.25, -0.2) is 14.8 Å². The van der Waals surface area contributed by atoms with Crippen LogP contribution < -0.4 is 0 Å². The zero-order valence-corrected chi connectivity index (χ0v) is 16.2. The number of oxazole rings is 1. The Balaban J connectivity index is 1.70. The predicted octanol–water partition coefficient (Wildman–Crippen LogP) is 5.30. The van der Waals surface area contributed by atoms with E-state index >= 15 is 0 Å². The summed E-state index contributed by atoms with van der Waals surface area (Å²) in [7, 11) is 0. The van der Waals surface area contributed by atoms with E-state index in [2.05, 4.69) is 9.98 Å². The van der Waals surface area contributed by atoms with Gasteiger partial charge in [-0.1, -0.05) is 30.3 Å². The average Bonchev–Trinajstić information content (AvgIpc) is 3.47. The number of aromatic nitrogens is 1.